The minimum atomic E-state index is -0.151. The maximum Gasteiger partial charge on any atom is 0.223 e. The highest BCUT2D eigenvalue weighted by molar-refractivity contribution is 5.76. The van der Waals surface area contributed by atoms with Crippen LogP contribution in [0.5, 0.6) is 0 Å². The first kappa shape index (κ1) is 16.7. The molecule has 3 heterocycles. The molecule has 24 heavy (non-hydrogen) atoms. The van der Waals surface area contributed by atoms with Gasteiger partial charge in [0.2, 0.25) is 5.91 Å². The molecule has 0 bridgehead atoms. The molecule has 1 fully saturated rings. The Kier molecular flexibility index (Phi) is 4.71. The molecule has 0 radical (unpaired) electrons. The van der Waals surface area contributed by atoms with Crippen molar-refractivity contribution < 1.29 is 9.53 Å². The van der Waals surface area contributed by atoms with E-state index in [4.69, 9.17) is 4.74 Å². The summed E-state index contributed by atoms with van der Waals surface area (Å²) in [5.41, 5.74) is 3.22. The van der Waals surface area contributed by atoms with Crippen LogP contribution in [-0.2, 0) is 30.0 Å². The Morgan fingerprint density at radius 3 is 2.79 bits per heavy atom. The van der Waals surface area contributed by atoms with E-state index in [-0.39, 0.29) is 12.0 Å². The maximum atomic E-state index is 12.6. The Labute approximate surface area is 142 Å². The molecule has 7 nitrogen and oxygen atoms in total. The summed E-state index contributed by atoms with van der Waals surface area (Å²) in [6.07, 6.45) is 4.90. The van der Waals surface area contributed by atoms with Gasteiger partial charge in [-0.3, -0.25) is 9.48 Å². The monoisotopic (exact) mass is 331 g/mol. The van der Waals surface area contributed by atoms with Crippen molar-refractivity contribution in [2.75, 3.05) is 19.7 Å². The van der Waals surface area contributed by atoms with Gasteiger partial charge in [-0.2, -0.15) is 5.10 Å². The van der Waals surface area contributed by atoms with Crippen molar-refractivity contribution in [2.24, 2.45) is 14.1 Å². The lowest BCUT2D eigenvalue weighted by Gasteiger charge is -2.32. The summed E-state index contributed by atoms with van der Waals surface area (Å²) in [4.78, 5) is 19.0. The first-order valence-corrected chi connectivity index (χ1v) is 8.32. The highest BCUT2D eigenvalue weighted by atomic mass is 16.5. The van der Waals surface area contributed by atoms with Gasteiger partial charge in [0.1, 0.15) is 11.9 Å². The molecule has 1 atom stereocenters. The quantitative estimate of drug-likeness (QED) is 0.847. The van der Waals surface area contributed by atoms with Gasteiger partial charge >= 0.3 is 0 Å². The van der Waals surface area contributed by atoms with E-state index in [1.807, 2.05) is 54.5 Å². The van der Waals surface area contributed by atoms with Gasteiger partial charge in [0, 0.05) is 39.0 Å². The molecule has 1 aliphatic rings. The standard InChI is InChI=1S/C17H25N5O2/c1-12-10-20(3)17(19-12)15-11-22(7-8-24-15)16(23)6-5-14-9-18-21(4)13(14)2/h9-10,15H,5-8,11H2,1-4H3/t15-/m1/s1. The Bertz CT molecular complexity index is 733. The van der Waals surface area contributed by atoms with Crippen molar-refractivity contribution >= 4 is 5.91 Å². The summed E-state index contributed by atoms with van der Waals surface area (Å²) >= 11 is 0. The first-order valence-electron chi connectivity index (χ1n) is 8.32. The second-order valence-corrected chi connectivity index (χ2v) is 6.43. The molecule has 2 aromatic rings. The summed E-state index contributed by atoms with van der Waals surface area (Å²) in [7, 11) is 3.88. The number of aromatic nitrogens is 4. The van der Waals surface area contributed by atoms with E-state index in [1.165, 1.54) is 0 Å². The van der Waals surface area contributed by atoms with Crippen molar-refractivity contribution in [1.82, 2.24) is 24.2 Å². The number of hydrogen-bond acceptors (Lipinski definition) is 4. The molecule has 0 aromatic carbocycles. The summed E-state index contributed by atoms with van der Waals surface area (Å²) in [5.74, 6) is 1.05. The fraction of sp³-hybridized carbons (Fsp3) is 0.588. The third-order valence-electron chi connectivity index (χ3n) is 4.69. The zero-order valence-electron chi connectivity index (χ0n) is 14.8. The highest BCUT2D eigenvalue weighted by Gasteiger charge is 2.28. The molecule has 0 saturated carbocycles. The van der Waals surface area contributed by atoms with E-state index in [1.54, 1.807) is 0 Å². The number of morpholine rings is 1. The predicted molar refractivity (Wildman–Crippen MR) is 89.5 cm³/mol. The van der Waals surface area contributed by atoms with Crippen LogP contribution < -0.4 is 0 Å². The van der Waals surface area contributed by atoms with Crippen LogP contribution in [0.15, 0.2) is 12.4 Å². The first-order chi connectivity index (χ1) is 11.5. The average Bonchev–Trinajstić information content (AvgIpc) is 3.07. The van der Waals surface area contributed by atoms with Crippen molar-refractivity contribution in [3.8, 4) is 0 Å². The van der Waals surface area contributed by atoms with Crippen LogP contribution in [-0.4, -0.2) is 49.8 Å². The van der Waals surface area contributed by atoms with Gasteiger partial charge in [-0.15, -0.1) is 0 Å². The van der Waals surface area contributed by atoms with E-state index in [2.05, 4.69) is 10.1 Å². The zero-order chi connectivity index (χ0) is 17.3. The maximum absolute atomic E-state index is 12.6. The van der Waals surface area contributed by atoms with Gasteiger partial charge in [0.25, 0.3) is 0 Å². The number of nitrogens with zero attached hydrogens (tertiary/aromatic N) is 5. The van der Waals surface area contributed by atoms with Gasteiger partial charge in [0.05, 0.1) is 25.0 Å². The molecule has 2 aromatic heterocycles. The van der Waals surface area contributed by atoms with Crippen molar-refractivity contribution in [2.45, 2.75) is 32.8 Å². The van der Waals surface area contributed by atoms with Crippen LogP contribution >= 0.6 is 0 Å². The smallest absolute Gasteiger partial charge is 0.223 e. The number of aryl methyl sites for hydroxylation is 4. The van der Waals surface area contributed by atoms with Crippen LogP contribution in [0.4, 0.5) is 0 Å². The fourth-order valence-corrected chi connectivity index (χ4v) is 3.16. The number of carbonyl (C=O) groups is 1. The predicted octanol–water partition coefficient (Wildman–Crippen LogP) is 1.30. The molecule has 1 amide bonds. The molecule has 130 valence electrons. The number of ether oxygens (including phenoxy) is 1. The van der Waals surface area contributed by atoms with Crippen LogP contribution in [0.25, 0.3) is 0 Å². The minimum Gasteiger partial charge on any atom is -0.367 e. The molecule has 0 unspecified atom stereocenters. The Morgan fingerprint density at radius 1 is 1.38 bits per heavy atom. The van der Waals surface area contributed by atoms with Gasteiger partial charge in [-0.25, -0.2) is 4.98 Å². The van der Waals surface area contributed by atoms with Gasteiger partial charge < -0.3 is 14.2 Å². The van der Waals surface area contributed by atoms with Crippen LogP contribution in [0.2, 0.25) is 0 Å². The van der Waals surface area contributed by atoms with Gasteiger partial charge in [-0.05, 0) is 25.8 Å². The fourth-order valence-electron chi connectivity index (χ4n) is 3.16. The number of imidazole rings is 1. The summed E-state index contributed by atoms with van der Waals surface area (Å²) in [6.45, 7) is 5.75. The molecule has 7 heteroatoms. The second kappa shape index (κ2) is 6.76. The molecule has 1 aliphatic heterocycles. The van der Waals surface area contributed by atoms with Gasteiger partial charge in [0.15, 0.2) is 0 Å². The largest absolute Gasteiger partial charge is 0.367 e. The molecule has 0 spiro atoms. The van der Waals surface area contributed by atoms with Crippen LogP contribution in [0.1, 0.15) is 35.3 Å². The molecule has 0 N–H and O–H groups in total. The zero-order valence-corrected chi connectivity index (χ0v) is 14.8. The summed E-state index contributed by atoms with van der Waals surface area (Å²) in [6, 6.07) is 0. The van der Waals surface area contributed by atoms with E-state index in [9.17, 15) is 4.79 Å². The Hall–Kier alpha value is -2.15. The van der Waals surface area contributed by atoms with Crippen molar-refractivity contribution in [3.05, 3.63) is 35.2 Å². The second-order valence-electron chi connectivity index (χ2n) is 6.43. The number of carbonyl (C=O) groups excluding carboxylic acids is 1. The Morgan fingerprint density at radius 2 is 2.17 bits per heavy atom. The lowest BCUT2D eigenvalue weighted by atomic mass is 10.1. The van der Waals surface area contributed by atoms with Gasteiger partial charge in [-0.1, -0.05) is 0 Å². The van der Waals surface area contributed by atoms with E-state index in [0.29, 0.717) is 26.1 Å². The normalized spacial score (nSPS) is 18.2. The van der Waals surface area contributed by atoms with Crippen molar-refractivity contribution in [1.29, 1.82) is 0 Å². The molecule has 1 saturated heterocycles. The molecule has 3 rings (SSSR count). The minimum absolute atomic E-state index is 0.151. The van der Waals surface area contributed by atoms with E-state index < -0.39 is 0 Å². The van der Waals surface area contributed by atoms with E-state index in [0.717, 1.165) is 29.2 Å². The third kappa shape index (κ3) is 3.36. The van der Waals surface area contributed by atoms with Crippen molar-refractivity contribution in [3.63, 3.8) is 0 Å². The topological polar surface area (TPSA) is 65.2 Å². The van der Waals surface area contributed by atoms with Crippen LogP contribution in [0, 0.1) is 13.8 Å². The highest BCUT2D eigenvalue weighted by Crippen LogP contribution is 2.22. The lowest BCUT2D eigenvalue weighted by molar-refractivity contribution is -0.139. The number of rotatable bonds is 4. The third-order valence-corrected chi connectivity index (χ3v) is 4.69. The molecular formula is C17H25N5O2. The SMILES string of the molecule is Cc1cn(C)c([C@H]2CN(C(=O)CCc3cnn(C)c3C)CCO2)n1. The molecule has 0 aliphatic carbocycles. The van der Waals surface area contributed by atoms with Crippen LogP contribution in [0.3, 0.4) is 0 Å². The summed E-state index contributed by atoms with van der Waals surface area (Å²) in [5, 5.41) is 4.23. The Balaban J connectivity index is 1.61. The average molecular weight is 331 g/mol. The number of hydrogen-bond donors (Lipinski definition) is 0. The van der Waals surface area contributed by atoms with E-state index >= 15 is 0 Å². The molecular weight excluding hydrogens is 306 g/mol. The lowest BCUT2D eigenvalue weighted by Crippen LogP contribution is -2.43. The number of amides is 1. The summed E-state index contributed by atoms with van der Waals surface area (Å²) < 4.78 is 9.65.